The molecule has 0 aliphatic rings. The third-order valence-electron chi connectivity index (χ3n) is 4.47. The number of fused-ring (bicyclic) bond motifs is 1. The number of halogens is 1. The third kappa shape index (κ3) is 3.85. The molecular formula is C22H18FN3O4. The van der Waals surface area contributed by atoms with E-state index in [0.717, 1.165) is 5.56 Å². The highest BCUT2D eigenvalue weighted by atomic mass is 19.1. The van der Waals surface area contributed by atoms with Crippen molar-refractivity contribution >= 4 is 23.0 Å². The van der Waals surface area contributed by atoms with Gasteiger partial charge in [0.25, 0.3) is 5.91 Å². The second kappa shape index (κ2) is 8.30. The molecule has 0 fully saturated rings. The zero-order valence-corrected chi connectivity index (χ0v) is 16.3. The zero-order valence-electron chi connectivity index (χ0n) is 16.3. The highest BCUT2D eigenvalue weighted by Gasteiger charge is 2.18. The fourth-order valence-corrected chi connectivity index (χ4v) is 3.07. The van der Waals surface area contributed by atoms with E-state index in [1.165, 1.54) is 25.4 Å². The predicted molar refractivity (Wildman–Crippen MR) is 109 cm³/mol. The number of benzene rings is 2. The van der Waals surface area contributed by atoms with Crippen LogP contribution in [0, 0.1) is 5.82 Å². The van der Waals surface area contributed by atoms with E-state index in [0.29, 0.717) is 40.3 Å². The molecule has 8 heteroatoms. The van der Waals surface area contributed by atoms with Crippen molar-refractivity contribution in [2.75, 3.05) is 19.5 Å². The Morgan fingerprint density at radius 3 is 2.67 bits per heavy atom. The number of hydrogen-bond donors (Lipinski definition) is 1. The Balaban J connectivity index is 1.70. The predicted octanol–water partition coefficient (Wildman–Crippen LogP) is 4.44. The van der Waals surface area contributed by atoms with E-state index in [9.17, 15) is 9.18 Å². The van der Waals surface area contributed by atoms with Crippen molar-refractivity contribution in [3.8, 4) is 16.9 Å². The number of amides is 1. The molecule has 0 spiro atoms. The molecule has 0 bridgehead atoms. The van der Waals surface area contributed by atoms with Crippen molar-refractivity contribution in [2.24, 2.45) is 0 Å². The number of carbonyl (C=O) groups excluding carboxylic acids is 1. The first kappa shape index (κ1) is 19.5. The van der Waals surface area contributed by atoms with Gasteiger partial charge in [0.2, 0.25) is 0 Å². The summed E-state index contributed by atoms with van der Waals surface area (Å²) >= 11 is 0. The molecule has 2 aromatic heterocycles. The first-order valence-electron chi connectivity index (χ1n) is 9.07. The Bertz CT molecular complexity index is 1200. The Morgan fingerprint density at radius 2 is 1.93 bits per heavy atom. The van der Waals surface area contributed by atoms with Crippen LogP contribution in [0.25, 0.3) is 22.2 Å². The molecule has 0 unspecified atom stereocenters. The molecule has 0 saturated carbocycles. The maximum absolute atomic E-state index is 13.3. The Labute approximate surface area is 171 Å². The second-order valence-electron chi connectivity index (χ2n) is 6.44. The van der Waals surface area contributed by atoms with Crippen LogP contribution in [0.2, 0.25) is 0 Å². The van der Waals surface area contributed by atoms with E-state index >= 15 is 0 Å². The van der Waals surface area contributed by atoms with Crippen molar-refractivity contribution < 1.29 is 23.1 Å². The normalized spacial score (nSPS) is 10.9. The Kier molecular flexibility index (Phi) is 5.40. The summed E-state index contributed by atoms with van der Waals surface area (Å²) in [4.78, 5) is 21.2. The number of nitrogens with one attached hydrogen (secondary N) is 1. The van der Waals surface area contributed by atoms with Gasteiger partial charge in [-0.15, -0.1) is 0 Å². The molecule has 4 rings (SSSR count). The van der Waals surface area contributed by atoms with E-state index in [4.69, 9.17) is 13.9 Å². The second-order valence-corrected chi connectivity index (χ2v) is 6.44. The van der Waals surface area contributed by atoms with Crippen LogP contribution >= 0.6 is 0 Å². The van der Waals surface area contributed by atoms with Gasteiger partial charge in [-0.1, -0.05) is 12.1 Å². The van der Waals surface area contributed by atoms with Gasteiger partial charge >= 0.3 is 6.01 Å². The first-order chi connectivity index (χ1) is 14.6. The molecule has 4 aromatic rings. The van der Waals surface area contributed by atoms with Crippen LogP contribution in [-0.4, -0.2) is 30.1 Å². The third-order valence-corrected chi connectivity index (χ3v) is 4.47. The van der Waals surface area contributed by atoms with Crippen molar-refractivity contribution in [3.63, 3.8) is 0 Å². The van der Waals surface area contributed by atoms with Gasteiger partial charge in [0.1, 0.15) is 11.6 Å². The molecule has 7 nitrogen and oxygen atoms in total. The number of anilines is 1. The minimum atomic E-state index is -0.399. The number of methoxy groups -OCH3 is 2. The van der Waals surface area contributed by atoms with Crippen molar-refractivity contribution in [1.29, 1.82) is 0 Å². The molecule has 30 heavy (non-hydrogen) atoms. The standard InChI is InChI=1S/C22H18FN3O4/c1-28-12-16-11-14(9-10-24-16)21(27)26-22-25-19-18(29-2)8-7-17(20(19)30-22)13-3-5-15(23)6-4-13/h3-11H,12H2,1-2H3,(H,25,26,27). The van der Waals surface area contributed by atoms with Gasteiger partial charge in [0.05, 0.1) is 19.4 Å². The number of pyridine rings is 1. The molecule has 0 saturated heterocycles. The monoisotopic (exact) mass is 407 g/mol. The fourth-order valence-electron chi connectivity index (χ4n) is 3.07. The summed E-state index contributed by atoms with van der Waals surface area (Å²) in [7, 11) is 3.08. The van der Waals surface area contributed by atoms with Crippen LogP contribution in [-0.2, 0) is 11.3 Å². The highest BCUT2D eigenvalue weighted by molar-refractivity contribution is 6.04. The van der Waals surface area contributed by atoms with Crippen LogP contribution in [0.4, 0.5) is 10.4 Å². The zero-order chi connectivity index (χ0) is 21.1. The lowest BCUT2D eigenvalue weighted by atomic mass is 10.0. The average molecular weight is 407 g/mol. The van der Waals surface area contributed by atoms with Gasteiger partial charge in [-0.25, -0.2) is 4.39 Å². The minimum Gasteiger partial charge on any atom is -0.494 e. The van der Waals surface area contributed by atoms with Gasteiger partial charge in [0.15, 0.2) is 11.1 Å². The lowest BCUT2D eigenvalue weighted by Crippen LogP contribution is -2.12. The number of carbonyl (C=O) groups is 1. The highest BCUT2D eigenvalue weighted by Crippen LogP contribution is 2.36. The molecule has 0 radical (unpaired) electrons. The van der Waals surface area contributed by atoms with Gasteiger partial charge in [-0.3, -0.25) is 15.1 Å². The lowest BCUT2D eigenvalue weighted by molar-refractivity contribution is 0.102. The molecule has 0 aliphatic heterocycles. The molecular weight excluding hydrogens is 389 g/mol. The summed E-state index contributed by atoms with van der Waals surface area (Å²) in [6.45, 7) is 0.294. The molecule has 2 aromatic carbocycles. The van der Waals surface area contributed by atoms with Gasteiger partial charge < -0.3 is 13.9 Å². The van der Waals surface area contributed by atoms with Crippen molar-refractivity contribution in [3.05, 3.63) is 71.8 Å². The number of hydrogen-bond acceptors (Lipinski definition) is 6. The number of aromatic nitrogens is 2. The summed E-state index contributed by atoms with van der Waals surface area (Å²) in [5.41, 5.74) is 3.34. The van der Waals surface area contributed by atoms with Crippen LogP contribution in [0.1, 0.15) is 16.1 Å². The lowest BCUT2D eigenvalue weighted by Gasteiger charge is -2.05. The van der Waals surface area contributed by atoms with E-state index in [-0.39, 0.29) is 11.8 Å². The molecule has 1 N–H and O–H groups in total. The minimum absolute atomic E-state index is 0.0213. The van der Waals surface area contributed by atoms with Crippen LogP contribution in [0.5, 0.6) is 5.75 Å². The number of ether oxygens (including phenoxy) is 2. The van der Waals surface area contributed by atoms with Gasteiger partial charge in [0, 0.05) is 24.4 Å². The summed E-state index contributed by atoms with van der Waals surface area (Å²) in [6, 6.07) is 12.8. The van der Waals surface area contributed by atoms with E-state index in [1.54, 1.807) is 43.5 Å². The van der Waals surface area contributed by atoms with Crippen molar-refractivity contribution in [2.45, 2.75) is 6.61 Å². The first-order valence-corrected chi connectivity index (χ1v) is 9.07. The quantitative estimate of drug-likeness (QED) is 0.509. The average Bonchev–Trinajstić information content (AvgIpc) is 3.18. The maximum atomic E-state index is 13.3. The number of oxazole rings is 1. The molecule has 0 aliphatic carbocycles. The fraction of sp³-hybridized carbons (Fsp3) is 0.136. The van der Waals surface area contributed by atoms with Crippen molar-refractivity contribution in [1.82, 2.24) is 9.97 Å². The van der Waals surface area contributed by atoms with Crippen LogP contribution in [0.15, 0.2) is 59.1 Å². The van der Waals surface area contributed by atoms with E-state index in [1.807, 2.05) is 0 Å². The molecule has 0 atom stereocenters. The number of rotatable bonds is 6. The molecule has 1 amide bonds. The largest absolute Gasteiger partial charge is 0.494 e. The summed E-state index contributed by atoms with van der Waals surface area (Å²) in [5, 5.41) is 2.66. The van der Waals surface area contributed by atoms with Gasteiger partial charge in [-0.2, -0.15) is 4.98 Å². The molecule has 2 heterocycles. The van der Waals surface area contributed by atoms with Gasteiger partial charge in [-0.05, 0) is 42.0 Å². The Hall–Kier alpha value is -3.78. The van der Waals surface area contributed by atoms with E-state index < -0.39 is 5.91 Å². The topological polar surface area (TPSA) is 86.5 Å². The SMILES string of the molecule is COCc1cc(C(=O)Nc2nc3c(OC)ccc(-c4ccc(F)cc4)c3o2)ccn1. The Morgan fingerprint density at radius 1 is 1.13 bits per heavy atom. The number of nitrogens with zero attached hydrogens (tertiary/aromatic N) is 2. The van der Waals surface area contributed by atoms with Crippen LogP contribution < -0.4 is 10.1 Å². The van der Waals surface area contributed by atoms with E-state index in [2.05, 4.69) is 15.3 Å². The molecule has 152 valence electrons. The van der Waals surface area contributed by atoms with Crippen LogP contribution in [0.3, 0.4) is 0 Å². The summed E-state index contributed by atoms with van der Waals surface area (Å²) < 4.78 is 29.6. The smallest absolute Gasteiger partial charge is 0.302 e. The summed E-state index contributed by atoms with van der Waals surface area (Å²) in [6.07, 6.45) is 1.53. The maximum Gasteiger partial charge on any atom is 0.302 e. The summed E-state index contributed by atoms with van der Waals surface area (Å²) in [5.74, 6) is -0.241.